The molecule has 1 N–H and O–H groups in total. The molecule has 78 valence electrons. The minimum atomic E-state index is -3.62. The third-order valence-corrected chi connectivity index (χ3v) is 2.22. The molecule has 2 heterocycles. The normalized spacial score (nSPS) is 17.3. The second-order valence-corrected chi connectivity index (χ2v) is 3.44. The average Bonchev–Trinajstić information content (AvgIpc) is 2.62. The molecule has 0 bridgehead atoms. The molecule has 0 saturated heterocycles. The largest absolute Gasteiger partial charge is 0.586 e. The summed E-state index contributed by atoms with van der Waals surface area (Å²) in [6.45, 7) is 0. The number of hydrogen-bond donors (Lipinski definition) is 2. The van der Waals surface area contributed by atoms with E-state index in [1.807, 2.05) is 0 Å². The van der Waals surface area contributed by atoms with Crippen molar-refractivity contribution in [2.45, 2.75) is 11.5 Å². The van der Waals surface area contributed by atoms with Gasteiger partial charge in [-0.3, -0.25) is 0 Å². The SMILES string of the molecule is FC1(F)Oc2ccc3[nH]c(S)nc3c2O1. The molecule has 7 heteroatoms. The Bertz CT molecular complexity index is 555. The molecule has 4 nitrogen and oxygen atoms in total. The fraction of sp³-hybridized carbons (Fsp3) is 0.125. The van der Waals surface area contributed by atoms with Crippen molar-refractivity contribution < 1.29 is 18.3 Å². The van der Waals surface area contributed by atoms with E-state index in [4.69, 9.17) is 0 Å². The number of alkyl halides is 2. The van der Waals surface area contributed by atoms with Crippen molar-refractivity contribution in [1.82, 2.24) is 9.97 Å². The van der Waals surface area contributed by atoms with Gasteiger partial charge < -0.3 is 14.5 Å². The predicted molar refractivity (Wildman–Crippen MR) is 49.5 cm³/mol. The first-order valence-electron chi connectivity index (χ1n) is 4.03. The molecule has 3 rings (SSSR count). The van der Waals surface area contributed by atoms with Gasteiger partial charge in [0.15, 0.2) is 10.9 Å². The van der Waals surface area contributed by atoms with Crippen molar-refractivity contribution in [3.8, 4) is 11.5 Å². The lowest BCUT2D eigenvalue weighted by atomic mass is 10.3. The highest BCUT2D eigenvalue weighted by atomic mass is 32.1. The Labute approximate surface area is 87.6 Å². The number of H-pyrrole nitrogens is 1. The minimum Gasteiger partial charge on any atom is -0.395 e. The van der Waals surface area contributed by atoms with E-state index in [1.165, 1.54) is 6.07 Å². The van der Waals surface area contributed by atoms with Crippen molar-refractivity contribution in [2.75, 3.05) is 0 Å². The summed E-state index contributed by atoms with van der Waals surface area (Å²) in [7, 11) is 0. The number of nitrogens with zero attached hydrogens (tertiary/aromatic N) is 1. The van der Waals surface area contributed by atoms with Crippen molar-refractivity contribution >= 4 is 23.7 Å². The van der Waals surface area contributed by atoms with E-state index < -0.39 is 6.29 Å². The van der Waals surface area contributed by atoms with Crippen LogP contribution in [-0.4, -0.2) is 16.3 Å². The number of rotatable bonds is 0. The van der Waals surface area contributed by atoms with Crippen LogP contribution >= 0.6 is 12.6 Å². The molecule has 0 aliphatic carbocycles. The van der Waals surface area contributed by atoms with Gasteiger partial charge in [-0.05, 0) is 12.1 Å². The quantitative estimate of drug-likeness (QED) is 0.682. The van der Waals surface area contributed by atoms with Crippen molar-refractivity contribution in [3.63, 3.8) is 0 Å². The smallest absolute Gasteiger partial charge is 0.395 e. The number of aromatic nitrogens is 2. The standard InChI is InChI=1S/C8H4F2N2O2S/c9-8(10)13-4-2-1-3-5(6(4)14-8)12-7(15)11-3/h1-2H,(H2,11,12,15). The molecular formula is C8H4F2N2O2S. The van der Waals surface area contributed by atoms with Crippen LogP contribution in [0.25, 0.3) is 11.0 Å². The molecule has 1 aliphatic rings. The molecule has 1 aromatic carbocycles. The van der Waals surface area contributed by atoms with Gasteiger partial charge in [-0.15, -0.1) is 21.4 Å². The van der Waals surface area contributed by atoms with Crippen LogP contribution in [0.2, 0.25) is 0 Å². The zero-order chi connectivity index (χ0) is 10.6. The molecule has 0 atom stereocenters. The maximum absolute atomic E-state index is 12.8. The third kappa shape index (κ3) is 1.23. The molecule has 1 aliphatic heterocycles. The van der Waals surface area contributed by atoms with Crippen LogP contribution in [0.1, 0.15) is 0 Å². The van der Waals surface area contributed by atoms with Crippen molar-refractivity contribution in [2.24, 2.45) is 0 Å². The Morgan fingerprint density at radius 1 is 1.33 bits per heavy atom. The molecule has 0 unspecified atom stereocenters. The highest BCUT2D eigenvalue weighted by Gasteiger charge is 2.44. The second-order valence-electron chi connectivity index (χ2n) is 3.02. The molecule has 2 aromatic rings. The summed E-state index contributed by atoms with van der Waals surface area (Å²) in [5, 5.41) is 0.331. The lowest BCUT2D eigenvalue weighted by Crippen LogP contribution is -2.26. The number of fused-ring (bicyclic) bond motifs is 3. The molecule has 0 amide bonds. The number of halogens is 2. The number of hydrogen-bond acceptors (Lipinski definition) is 4. The van der Waals surface area contributed by atoms with Gasteiger partial charge in [-0.25, -0.2) is 4.98 Å². The lowest BCUT2D eigenvalue weighted by Gasteiger charge is -2.04. The first-order chi connectivity index (χ1) is 7.05. The van der Waals surface area contributed by atoms with E-state index in [2.05, 4.69) is 32.1 Å². The summed E-state index contributed by atoms with van der Waals surface area (Å²) in [5.41, 5.74) is 0.856. The van der Waals surface area contributed by atoms with Gasteiger partial charge in [0, 0.05) is 0 Å². The van der Waals surface area contributed by atoms with Crippen LogP contribution in [0.4, 0.5) is 8.78 Å². The number of benzene rings is 1. The van der Waals surface area contributed by atoms with Crippen LogP contribution in [0.15, 0.2) is 17.3 Å². The summed E-state index contributed by atoms with van der Waals surface area (Å²) in [6.07, 6.45) is -3.62. The highest BCUT2D eigenvalue weighted by molar-refractivity contribution is 7.80. The molecule has 15 heavy (non-hydrogen) atoms. The zero-order valence-electron chi connectivity index (χ0n) is 7.12. The van der Waals surface area contributed by atoms with Crippen LogP contribution in [0.5, 0.6) is 11.5 Å². The summed E-state index contributed by atoms with van der Waals surface area (Å²) in [4.78, 5) is 6.71. The monoisotopic (exact) mass is 230 g/mol. The van der Waals surface area contributed by atoms with E-state index in [-0.39, 0.29) is 17.0 Å². The van der Waals surface area contributed by atoms with Crippen LogP contribution < -0.4 is 9.47 Å². The number of imidazole rings is 1. The molecule has 0 fully saturated rings. The second kappa shape index (κ2) is 2.54. The Kier molecular flexibility index (Phi) is 1.49. The predicted octanol–water partition coefficient (Wildman–Crippen LogP) is 2.17. The van der Waals surface area contributed by atoms with Gasteiger partial charge in [0.2, 0.25) is 5.75 Å². The number of aromatic amines is 1. The van der Waals surface area contributed by atoms with Crippen LogP contribution in [0.3, 0.4) is 0 Å². The van der Waals surface area contributed by atoms with Gasteiger partial charge in [0.1, 0.15) is 5.52 Å². The molecular weight excluding hydrogens is 226 g/mol. The summed E-state index contributed by atoms with van der Waals surface area (Å²) in [5.74, 6) is -0.0821. The average molecular weight is 230 g/mol. The first kappa shape index (κ1) is 8.78. The summed E-state index contributed by atoms with van der Waals surface area (Å²) in [6, 6.07) is 2.97. The van der Waals surface area contributed by atoms with Crippen LogP contribution in [0, 0.1) is 0 Å². The molecule has 0 spiro atoms. The Morgan fingerprint density at radius 3 is 2.93 bits per heavy atom. The fourth-order valence-corrected chi connectivity index (χ4v) is 1.69. The maximum Gasteiger partial charge on any atom is 0.586 e. The first-order valence-corrected chi connectivity index (χ1v) is 4.47. The van der Waals surface area contributed by atoms with Gasteiger partial charge in [0.25, 0.3) is 0 Å². The van der Waals surface area contributed by atoms with Crippen molar-refractivity contribution in [3.05, 3.63) is 12.1 Å². The minimum absolute atomic E-state index is 0.0210. The van der Waals surface area contributed by atoms with Crippen molar-refractivity contribution in [1.29, 1.82) is 0 Å². The maximum atomic E-state index is 12.8. The van der Waals surface area contributed by atoms with Gasteiger partial charge in [-0.2, -0.15) is 0 Å². The van der Waals surface area contributed by atoms with Gasteiger partial charge in [-0.1, -0.05) is 0 Å². The Balaban J connectivity index is 2.28. The lowest BCUT2D eigenvalue weighted by molar-refractivity contribution is -0.286. The summed E-state index contributed by atoms with van der Waals surface area (Å²) < 4.78 is 34.2. The van der Waals surface area contributed by atoms with Gasteiger partial charge in [0.05, 0.1) is 5.52 Å². The molecule has 0 radical (unpaired) electrons. The number of nitrogens with one attached hydrogen (secondary N) is 1. The van der Waals surface area contributed by atoms with E-state index >= 15 is 0 Å². The molecule has 0 saturated carbocycles. The topological polar surface area (TPSA) is 47.1 Å². The van der Waals surface area contributed by atoms with E-state index in [9.17, 15) is 8.78 Å². The number of ether oxygens (including phenoxy) is 2. The summed E-state index contributed by atoms with van der Waals surface area (Å²) >= 11 is 3.98. The van der Waals surface area contributed by atoms with Gasteiger partial charge >= 0.3 is 6.29 Å². The third-order valence-electron chi connectivity index (χ3n) is 2.01. The highest BCUT2D eigenvalue weighted by Crippen LogP contribution is 2.44. The van der Waals surface area contributed by atoms with Crippen LogP contribution in [-0.2, 0) is 0 Å². The van der Waals surface area contributed by atoms with E-state index in [0.29, 0.717) is 10.7 Å². The van der Waals surface area contributed by atoms with E-state index in [0.717, 1.165) is 0 Å². The number of thiol groups is 1. The Morgan fingerprint density at radius 2 is 2.13 bits per heavy atom. The van der Waals surface area contributed by atoms with E-state index in [1.54, 1.807) is 6.07 Å². The molecule has 1 aromatic heterocycles. The fourth-order valence-electron chi connectivity index (χ4n) is 1.47. The Hall–Kier alpha value is -1.50. The zero-order valence-corrected chi connectivity index (χ0v) is 8.02.